The fourth-order valence-corrected chi connectivity index (χ4v) is 1.67. The average molecular weight is 201 g/mol. The maximum Gasteiger partial charge on any atom is 0.150 e. The van der Waals surface area contributed by atoms with E-state index in [4.69, 9.17) is 0 Å². The highest BCUT2D eigenvalue weighted by Crippen LogP contribution is 2.22. The van der Waals surface area contributed by atoms with Crippen molar-refractivity contribution in [3.63, 3.8) is 0 Å². The Bertz CT molecular complexity index is 409. The van der Waals surface area contributed by atoms with Crippen LogP contribution < -0.4 is 5.01 Å². The number of nitrogens with zero attached hydrogens (tertiary/aromatic N) is 3. The molecule has 0 aliphatic carbocycles. The van der Waals surface area contributed by atoms with Gasteiger partial charge in [-0.05, 0) is 24.1 Å². The summed E-state index contributed by atoms with van der Waals surface area (Å²) in [6, 6.07) is 2.09. The summed E-state index contributed by atoms with van der Waals surface area (Å²) in [6.45, 7) is 6.74. The molecule has 1 aromatic rings. The zero-order valence-corrected chi connectivity index (χ0v) is 9.14. The van der Waals surface area contributed by atoms with Gasteiger partial charge in [0.2, 0.25) is 0 Å². The van der Waals surface area contributed by atoms with Crippen molar-refractivity contribution in [2.24, 2.45) is 0 Å². The van der Waals surface area contributed by atoms with Crippen molar-refractivity contribution in [3.8, 4) is 0 Å². The lowest BCUT2D eigenvalue weighted by Crippen LogP contribution is -2.32. The standard InChI is InChI=1S/C12H15N3/c1-4-11-8-10(2)12(13-9-11)15-7-5-6-14(15)3/h4-5,7-9H,1,6H2,2-3H3. The number of hydrazine groups is 1. The van der Waals surface area contributed by atoms with Crippen molar-refractivity contribution in [2.75, 3.05) is 18.6 Å². The number of hydrogen-bond acceptors (Lipinski definition) is 3. The minimum Gasteiger partial charge on any atom is -0.264 e. The van der Waals surface area contributed by atoms with E-state index in [0.717, 1.165) is 23.5 Å². The summed E-state index contributed by atoms with van der Waals surface area (Å²) in [5.41, 5.74) is 2.22. The van der Waals surface area contributed by atoms with Crippen molar-refractivity contribution in [3.05, 3.63) is 42.2 Å². The van der Waals surface area contributed by atoms with Crippen molar-refractivity contribution in [1.29, 1.82) is 0 Å². The molecule has 78 valence electrons. The highest BCUT2D eigenvalue weighted by atomic mass is 15.6. The van der Waals surface area contributed by atoms with Crippen molar-refractivity contribution < 1.29 is 0 Å². The van der Waals surface area contributed by atoms with Crippen molar-refractivity contribution in [2.45, 2.75) is 6.92 Å². The molecule has 15 heavy (non-hydrogen) atoms. The summed E-state index contributed by atoms with van der Waals surface area (Å²) in [4.78, 5) is 4.44. The van der Waals surface area contributed by atoms with Gasteiger partial charge in [0.05, 0.1) is 0 Å². The zero-order valence-electron chi connectivity index (χ0n) is 9.14. The van der Waals surface area contributed by atoms with Crippen LogP contribution in [0.3, 0.4) is 0 Å². The molecule has 2 rings (SSSR count). The summed E-state index contributed by atoms with van der Waals surface area (Å²) in [7, 11) is 2.04. The molecule has 0 unspecified atom stereocenters. The normalized spacial score (nSPS) is 16.0. The van der Waals surface area contributed by atoms with Crippen molar-refractivity contribution in [1.82, 2.24) is 9.99 Å². The van der Waals surface area contributed by atoms with Gasteiger partial charge in [-0.15, -0.1) is 0 Å². The van der Waals surface area contributed by atoms with Crippen LogP contribution in [0.15, 0.2) is 31.1 Å². The second kappa shape index (κ2) is 3.87. The Morgan fingerprint density at radius 1 is 1.53 bits per heavy atom. The first-order valence-electron chi connectivity index (χ1n) is 4.98. The van der Waals surface area contributed by atoms with Crippen LogP contribution in [-0.4, -0.2) is 23.6 Å². The van der Waals surface area contributed by atoms with Crippen LogP contribution in [0.5, 0.6) is 0 Å². The second-order valence-electron chi connectivity index (χ2n) is 3.68. The predicted molar refractivity (Wildman–Crippen MR) is 63.3 cm³/mol. The highest BCUT2D eigenvalue weighted by molar-refractivity contribution is 5.55. The molecule has 0 saturated carbocycles. The SMILES string of the molecule is C=Cc1cnc(N2C=CCN2C)c(C)c1. The van der Waals surface area contributed by atoms with E-state index in [9.17, 15) is 0 Å². The maximum absolute atomic E-state index is 4.44. The number of likely N-dealkylation sites (N-methyl/N-ethyl adjacent to an activating group) is 1. The van der Waals surface area contributed by atoms with Crippen LogP contribution >= 0.6 is 0 Å². The molecule has 1 aliphatic rings. The summed E-state index contributed by atoms with van der Waals surface area (Å²) in [6.07, 6.45) is 7.81. The number of hydrogen-bond donors (Lipinski definition) is 0. The van der Waals surface area contributed by atoms with Gasteiger partial charge in [0.25, 0.3) is 0 Å². The van der Waals surface area contributed by atoms with Gasteiger partial charge < -0.3 is 0 Å². The Kier molecular flexibility index (Phi) is 2.56. The first kappa shape index (κ1) is 9.93. The lowest BCUT2D eigenvalue weighted by molar-refractivity contribution is 0.393. The smallest absolute Gasteiger partial charge is 0.150 e. The summed E-state index contributed by atoms with van der Waals surface area (Å²) in [5.74, 6) is 0.983. The van der Waals surface area contributed by atoms with E-state index in [1.807, 2.05) is 25.5 Å². The molecule has 0 spiro atoms. The first-order chi connectivity index (χ1) is 7.22. The Hall–Kier alpha value is -1.61. The van der Waals surface area contributed by atoms with Crippen LogP contribution in [0.2, 0.25) is 0 Å². The van der Waals surface area contributed by atoms with Crippen LogP contribution in [0.4, 0.5) is 5.82 Å². The summed E-state index contributed by atoms with van der Waals surface area (Å²) >= 11 is 0. The zero-order chi connectivity index (χ0) is 10.8. The molecule has 0 atom stereocenters. The minimum absolute atomic E-state index is 0.935. The molecule has 2 heterocycles. The highest BCUT2D eigenvalue weighted by Gasteiger charge is 2.16. The molecule has 0 bridgehead atoms. The molecule has 1 aliphatic heterocycles. The van der Waals surface area contributed by atoms with E-state index < -0.39 is 0 Å². The van der Waals surface area contributed by atoms with E-state index in [0.29, 0.717) is 0 Å². The third-order valence-corrected chi connectivity index (χ3v) is 2.51. The van der Waals surface area contributed by atoms with Gasteiger partial charge in [-0.3, -0.25) is 5.01 Å². The van der Waals surface area contributed by atoms with Crippen LogP contribution in [-0.2, 0) is 0 Å². The maximum atomic E-state index is 4.44. The summed E-state index contributed by atoms with van der Waals surface area (Å²) < 4.78 is 0. The number of aryl methyl sites for hydroxylation is 1. The molecule has 0 amide bonds. The Balaban J connectivity index is 2.36. The Morgan fingerprint density at radius 3 is 2.87 bits per heavy atom. The monoisotopic (exact) mass is 201 g/mol. The van der Waals surface area contributed by atoms with Gasteiger partial charge in [-0.2, -0.15) is 0 Å². The Labute approximate surface area is 90.3 Å². The summed E-state index contributed by atoms with van der Waals surface area (Å²) in [5, 5.41) is 4.17. The predicted octanol–water partition coefficient (Wildman–Crippen LogP) is 2.21. The Morgan fingerprint density at radius 2 is 2.33 bits per heavy atom. The van der Waals surface area contributed by atoms with Crippen LogP contribution in [0.1, 0.15) is 11.1 Å². The van der Waals surface area contributed by atoms with E-state index >= 15 is 0 Å². The van der Waals surface area contributed by atoms with E-state index in [1.165, 1.54) is 0 Å². The molecule has 0 saturated heterocycles. The van der Waals surface area contributed by atoms with E-state index in [-0.39, 0.29) is 0 Å². The van der Waals surface area contributed by atoms with Crippen LogP contribution in [0.25, 0.3) is 6.08 Å². The molecule has 0 aromatic carbocycles. The first-order valence-corrected chi connectivity index (χ1v) is 4.98. The van der Waals surface area contributed by atoms with Gasteiger partial charge in [-0.25, -0.2) is 9.99 Å². The van der Waals surface area contributed by atoms with Crippen molar-refractivity contribution >= 4 is 11.9 Å². The third kappa shape index (κ3) is 1.78. The number of anilines is 1. The molecular formula is C12H15N3. The fraction of sp³-hybridized carbons (Fsp3) is 0.250. The quantitative estimate of drug-likeness (QED) is 0.731. The molecule has 1 aromatic heterocycles. The number of aromatic nitrogens is 1. The number of rotatable bonds is 2. The molecule has 3 nitrogen and oxygen atoms in total. The molecule has 0 fully saturated rings. The van der Waals surface area contributed by atoms with Gasteiger partial charge in [0, 0.05) is 26.0 Å². The second-order valence-corrected chi connectivity index (χ2v) is 3.68. The van der Waals surface area contributed by atoms with Gasteiger partial charge in [0.1, 0.15) is 5.82 Å². The van der Waals surface area contributed by atoms with Gasteiger partial charge in [-0.1, -0.05) is 18.7 Å². The topological polar surface area (TPSA) is 19.4 Å². The minimum atomic E-state index is 0.935. The van der Waals surface area contributed by atoms with E-state index in [1.54, 1.807) is 0 Å². The lowest BCUT2D eigenvalue weighted by atomic mass is 10.2. The average Bonchev–Trinajstić information content (AvgIpc) is 2.64. The fourth-order valence-electron chi connectivity index (χ4n) is 1.67. The molecule has 3 heteroatoms. The molecule has 0 radical (unpaired) electrons. The van der Waals surface area contributed by atoms with Crippen LogP contribution in [0, 0.1) is 6.92 Å². The van der Waals surface area contributed by atoms with Gasteiger partial charge >= 0.3 is 0 Å². The van der Waals surface area contributed by atoms with E-state index in [2.05, 4.69) is 40.6 Å². The van der Waals surface area contributed by atoms with Gasteiger partial charge in [0.15, 0.2) is 0 Å². The molecule has 0 N–H and O–H groups in total. The largest absolute Gasteiger partial charge is 0.264 e. The number of pyridine rings is 1. The third-order valence-electron chi connectivity index (χ3n) is 2.51. The molecular weight excluding hydrogens is 186 g/mol. The lowest BCUT2D eigenvalue weighted by Gasteiger charge is -2.25.